The first-order valence-electron chi connectivity index (χ1n) is 6.58. The summed E-state index contributed by atoms with van der Waals surface area (Å²) in [4.78, 5) is 22.2. The van der Waals surface area contributed by atoms with Gasteiger partial charge >= 0.3 is 0 Å². The van der Waals surface area contributed by atoms with Crippen LogP contribution in [-0.2, 0) is 4.79 Å². The van der Waals surface area contributed by atoms with Crippen LogP contribution in [0.1, 0.15) is 18.5 Å². The van der Waals surface area contributed by atoms with Crippen molar-refractivity contribution in [3.05, 3.63) is 52.9 Å². The van der Waals surface area contributed by atoms with Gasteiger partial charge in [-0.15, -0.1) is 0 Å². The molecule has 0 aliphatic heterocycles. The third-order valence-corrected chi connectivity index (χ3v) is 3.68. The van der Waals surface area contributed by atoms with Crippen molar-refractivity contribution in [1.29, 1.82) is 0 Å². The maximum atomic E-state index is 12.0. The molecule has 2 aromatic heterocycles. The van der Waals surface area contributed by atoms with Gasteiger partial charge in [-0.05, 0) is 53.7 Å². The summed E-state index contributed by atoms with van der Waals surface area (Å²) in [6.45, 7) is 2.33. The molecule has 2 aromatic rings. The first-order valence-corrected chi connectivity index (χ1v) is 7.37. The van der Waals surface area contributed by atoms with Crippen LogP contribution in [0.4, 0.5) is 5.82 Å². The van der Waals surface area contributed by atoms with E-state index in [2.05, 4.69) is 31.2 Å². The van der Waals surface area contributed by atoms with Gasteiger partial charge < -0.3 is 5.32 Å². The highest BCUT2D eigenvalue weighted by Crippen LogP contribution is 2.17. The summed E-state index contributed by atoms with van der Waals surface area (Å²) < 4.78 is 0.878. The van der Waals surface area contributed by atoms with E-state index in [1.807, 2.05) is 43.3 Å². The van der Waals surface area contributed by atoms with Crippen molar-refractivity contribution in [3.63, 3.8) is 0 Å². The number of hydrogen-bond donors (Lipinski definition) is 1. The van der Waals surface area contributed by atoms with Crippen molar-refractivity contribution in [2.45, 2.75) is 13.0 Å². The molecule has 0 radical (unpaired) electrons. The van der Waals surface area contributed by atoms with Crippen LogP contribution in [0, 0.1) is 0 Å². The second-order valence-corrected chi connectivity index (χ2v) is 5.70. The summed E-state index contributed by atoms with van der Waals surface area (Å²) in [5, 5.41) is 2.78. The number of halogens is 1. The molecule has 110 valence electrons. The molecule has 2 heterocycles. The Hall–Kier alpha value is -1.79. The molecule has 0 saturated heterocycles. The first kappa shape index (κ1) is 15.6. The standard InChI is InChI=1S/C15H17BrN4O/c1-11(12-4-3-7-17-8-12)20(2)10-15(21)19-14-6-5-13(16)9-18-14/h3-9,11H,10H2,1-2H3,(H,18,19,21)/t11-/m1/s1. The van der Waals surface area contributed by atoms with E-state index in [9.17, 15) is 4.79 Å². The maximum Gasteiger partial charge on any atom is 0.239 e. The zero-order valence-corrected chi connectivity index (χ0v) is 13.5. The Kier molecular flexibility index (Phi) is 5.41. The van der Waals surface area contributed by atoms with E-state index < -0.39 is 0 Å². The number of likely N-dealkylation sites (N-methyl/N-ethyl adjacent to an activating group) is 1. The Balaban J connectivity index is 1.91. The molecule has 0 aliphatic carbocycles. The fraction of sp³-hybridized carbons (Fsp3) is 0.267. The Morgan fingerprint density at radius 3 is 2.81 bits per heavy atom. The minimum Gasteiger partial charge on any atom is -0.310 e. The topological polar surface area (TPSA) is 58.1 Å². The highest BCUT2D eigenvalue weighted by Gasteiger charge is 2.15. The van der Waals surface area contributed by atoms with Gasteiger partial charge in [0.05, 0.1) is 6.54 Å². The Morgan fingerprint density at radius 2 is 2.19 bits per heavy atom. The molecule has 0 bridgehead atoms. The highest BCUT2D eigenvalue weighted by molar-refractivity contribution is 9.10. The first-order chi connectivity index (χ1) is 10.1. The Morgan fingerprint density at radius 1 is 1.38 bits per heavy atom. The van der Waals surface area contributed by atoms with E-state index in [4.69, 9.17) is 0 Å². The Bertz CT molecular complexity index is 588. The molecule has 0 saturated carbocycles. The third kappa shape index (κ3) is 4.61. The minimum absolute atomic E-state index is 0.0944. The monoisotopic (exact) mass is 348 g/mol. The lowest BCUT2D eigenvalue weighted by molar-refractivity contribution is -0.117. The largest absolute Gasteiger partial charge is 0.310 e. The van der Waals surface area contributed by atoms with E-state index in [-0.39, 0.29) is 18.5 Å². The molecule has 5 nitrogen and oxygen atoms in total. The van der Waals surface area contributed by atoms with Gasteiger partial charge in [0, 0.05) is 29.1 Å². The van der Waals surface area contributed by atoms with Gasteiger partial charge in [-0.1, -0.05) is 6.07 Å². The lowest BCUT2D eigenvalue weighted by Crippen LogP contribution is -2.32. The zero-order chi connectivity index (χ0) is 15.2. The summed E-state index contributed by atoms with van der Waals surface area (Å²) in [5.41, 5.74) is 1.08. The van der Waals surface area contributed by atoms with E-state index in [1.54, 1.807) is 18.5 Å². The molecule has 0 fully saturated rings. The van der Waals surface area contributed by atoms with Gasteiger partial charge in [0.15, 0.2) is 0 Å². The molecule has 0 unspecified atom stereocenters. The average Bonchev–Trinajstić information content (AvgIpc) is 2.49. The molecular weight excluding hydrogens is 332 g/mol. The van der Waals surface area contributed by atoms with Crippen molar-refractivity contribution in [3.8, 4) is 0 Å². The van der Waals surface area contributed by atoms with Crippen molar-refractivity contribution in [2.24, 2.45) is 0 Å². The molecule has 1 N–H and O–H groups in total. The molecule has 0 aliphatic rings. The van der Waals surface area contributed by atoms with Gasteiger partial charge in [0.25, 0.3) is 0 Å². The second-order valence-electron chi connectivity index (χ2n) is 4.79. The zero-order valence-electron chi connectivity index (χ0n) is 12.0. The summed E-state index contributed by atoms with van der Waals surface area (Å²) in [5.74, 6) is 0.452. The van der Waals surface area contributed by atoms with Gasteiger partial charge in [0.1, 0.15) is 5.82 Å². The van der Waals surface area contributed by atoms with Crippen LogP contribution in [-0.4, -0.2) is 34.4 Å². The summed E-state index contributed by atoms with van der Waals surface area (Å²) in [7, 11) is 1.91. The molecule has 1 amide bonds. The quantitative estimate of drug-likeness (QED) is 0.902. The maximum absolute atomic E-state index is 12.0. The minimum atomic E-state index is -0.0944. The smallest absolute Gasteiger partial charge is 0.239 e. The van der Waals surface area contributed by atoms with Gasteiger partial charge in [-0.25, -0.2) is 4.98 Å². The van der Waals surface area contributed by atoms with Crippen molar-refractivity contribution in [1.82, 2.24) is 14.9 Å². The lowest BCUT2D eigenvalue weighted by atomic mass is 10.1. The van der Waals surface area contributed by atoms with Crippen LogP contribution in [0.15, 0.2) is 47.3 Å². The molecule has 2 rings (SSSR count). The van der Waals surface area contributed by atoms with Crippen LogP contribution < -0.4 is 5.32 Å². The number of nitrogens with zero attached hydrogens (tertiary/aromatic N) is 3. The number of nitrogens with one attached hydrogen (secondary N) is 1. The number of aromatic nitrogens is 2. The van der Waals surface area contributed by atoms with Crippen LogP contribution in [0.2, 0.25) is 0 Å². The van der Waals surface area contributed by atoms with Gasteiger partial charge in [-0.3, -0.25) is 14.7 Å². The van der Waals surface area contributed by atoms with Crippen LogP contribution in [0.5, 0.6) is 0 Å². The van der Waals surface area contributed by atoms with E-state index in [1.165, 1.54) is 0 Å². The number of carbonyl (C=O) groups is 1. The number of anilines is 1. The predicted molar refractivity (Wildman–Crippen MR) is 85.8 cm³/mol. The predicted octanol–water partition coefficient (Wildman–Crippen LogP) is 2.87. The van der Waals surface area contributed by atoms with E-state index in [0.717, 1.165) is 10.0 Å². The SMILES string of the molecule is C[C@H](c1cccnc1)N(C)CC(=O)Nc1ccc(Br)cn1. The summed E-state index contributed by atoms with van der Waals surface area (Å²) >= 11 is 3.31. The fourth-order valence-electron chi connectivity index (χ4n) is 1.87. The fourth-order valence-corrected chi connectivity index (χ4v) is 2.11. The number of carbonyl (C=O) groups excluding carboxylic acids is 1. The summed E-state index contributed by atoms with van der Waals surface area (Å²) in [6.07, 6.45) is 5.20. The Labute approximate surface area is 132 Å². The van der Waals surface area contributed by atoms with Crippen molar-refractivity contribution >= 4 is 27.7 Å². The van der Waals surface area contributed by atoms with Gasteiger partial charge in [0.2, 0.25) is 5.91 Å². The van der Waals surface area contributed by atoms with Crippen LogP contribution >= 0.6 is 15.9 Å². The number of pyridine rings is 2. The van der Waals surface area contributed by atoms with E-state index >= 15 is 0 Å². The molecule has 21 heavy (non-hydrogen) atoms. The molecule has 6 heteroatoms. The van der Waals surface area contributed by atoms with Crippen LogP contribution in [0.3, 0.4) is 0 Å². The lowest BCUT2D eigenvalue weighted by Gasteiger charge is -2.24. The number of rotatable bonds is 5. The van der Waals surface area contributed by atoms with Gasteiger partial charge in [-0.2, -0.15) is 0 Å². The second kappa shape index (κ2) is 7.28. The van der Waals surface area contributed by atoms with Crippen molar-refractivity contribution in [2.75, 3.05) is 18.9 Å². The molecule has 1 atom stereocenters. The number of hydrogen-bond acceptors (Lipinski definition) is 4. The molecular formula is C15H17BrN4O. The molecule has 0 aromatic carbocycles. The van der Waals surface area contributed by atoms with Crippen molar-refractivity contribution < 1.29 is 4.79 Å². The molecule has 0 spiro atoms. The number of amides is 1. The normalized spacial score (nSPS) is 12.2. The summed E-state index contributed by atoms with van der Waals surface area (Å²) in [6, 6.07) is 7.60. The average molecular weight is 349 g/mol. The third-order valence-electron chi connectivity index (χ3n) is 3.22. The van der Waals surface area contributed by atoms with Crippen LogP contribution in [0.25, 0.3) is 0 Å². The highest BCUT2D eigenvalue weighted by atomic mass is 79.9. The van der Waals surface area contributed by atoms with E-state index in [0.29, 0.717) is 5.82 Å².